The van der Waals surface area contributed by atoms with Crippen molar-refractivity contribution in [2.24, 2.45) is 0 Å². The molecule has 5 heteroatoms. The minimum Gasteiger partial charge on any atom is -0.354 e. The molecule has 1 heterocycles. The maximum absolute atomic E-state index is 11.9. The molecule has 1 aromatic carbocycles. The van der Waals surface area contributed by atoms with Crippen LogP contribution in [0.15, 0.2) is 30.3 Å². The molecule has 0 saturated carbocycles. The zero-order valence-corrected chi connectivity index (χ0v) is 10.7. The van der Waals surface area contributed by atoms with Crippen molar-refractivity contribution in [2.75, 3.05) is 19.0 Å². The Bertz CT molecular complexity index is 436. The molecule has 1 aliphatic rings. The van der Waals surface area contributed by atoms with Crippen molar-refractivity contribution in [3.8, 4) is 0 Å². The van der Waals surface area contributed by atoms with Crippen molar-refractivity contribution >= 4 is 23.4 Å². The van der Waals surface area contributed by atoms with E-state index >= 15 is 0 Å². The molecule has 0 spiro atoms. The Hall–Kier alpha value is -1.55. The van der Waals surface area contributed by atoms with Gasteiger partial charge in [0.25, 0.3) is 0 Å². The van der Waals surface area contributed by atoms with Gasteiger partial charge in [-0.2, -0.15) is 0 Å². The molecule has 2 rings (SSSR count). The Morgan fingerprint density at radius 2 is 2.11 bits per heavy atom. The zero-order chi connectivity index (χ0) is 13.0. The van der Waals surface area contributed by atoms with E-state index in [0.29, 0.717) is 13.1 Å². The van der Waals surface area contributed by atoms with Crippen molar-refractivity contribution < 1.29 is 9.59 Å². The Balaban J connectivity index is 2.30. The van der Waals surface area contributed by atoms with Crippen molar-refractivity contribution in [1.29, 1.82) is 0 Å². The standard InChI is InChI=1S/C13H15ClN2O2/c14-9-13(18)16-7-6-15-12(17)8-11(16)10-4-2-1-3-5-10/h1-5,11H,6-9H2,(H,15,17). The maximum Gasteiger partial charge on any atom is 0.238 e. The molecule has 0 radical (unpaired) electrons. The number of rotatable bonds is 2. The maximum atomic E-state index is 11.9. The van der Waals surface area contributed by atoms with Crippen molar-refractivity contribution in [2.45, 2.75) is 12.5 Å². The molecular weight excluding hydrogens is 252 g/mol. The van der Waals surface area contributed by atoms with Gasteiger partial charge in [-0.3, -0.25) is 9.59 Å². The molecule has 1 saturated heterocycles. The number of halogens is 1. The van der Waals surface area contributed by atoms with Gasteiger partial charge in [-0.05, 0) is 5.56 Å². The normalized spacial score (nSPS) is 20.2. The number of nitrogens with one attached hydrogen (secondary N) is 1. The van der Waals surface area contributed by atoms with Gasteiger partial charge in [0.2, 0.25) is 11.8 Å². The van der Waals surface area contributed by atoms with E-state index in [-0.39, 0.29) is 30.2 Å². The second kappa shape index (κ2) is 5.87. The van der Waals surface area contributed by atoms with Crippen LogP contribution in [0.3, 0.4) is 0 Å². The fraction of sp³-hybridized carbons (Fsp3) is 0.385. The molecule has 96 valence electrons. The monoisotopic (exact) mass is 266 g/mol. The van der Waals surface area contributed by atoms with Gasteiger partial charge < -0.3 is 10.2 Å². The van der Waals surface area contributed by atoms with Gasteiger partial charge in [-0.15, -0.1) is 11.6 Å². The molecule has 0 bridgehead atoms. The highest BCUT2D eigenvalue weighted by molar-refractivity contribution is 6.27. The summed E-state index contributed by atoms with van der Waals surface area (Å²) in [5.41, 5.74) is 0.966. The molecule has 1 fully saturated rings. The summed E-state index contributed by atoms with van der Waals surface area (Å²) in [5, 5.41) is 2.78. The quantitative estimate of drug-likeness (QED) is 0.821. The zero-order valence-electron chi connectivity index (χ0n) is 9.93. The smallest absolute Gasteiger partial charge is 0.238 e. The second-order valence-electron chi connectivity index (χ2n) is 4.20. The number of benzene rings is 1. The van der Waals surface area contributed by atoms with Crippen LogP contribution >= 0.6 is 11.6 Å². The third-order valence-electron chi connectivity index (χ3n) is 3.05. The van der Waals surface area contributed by atoms with E-state index in [4.69, 9.17) is 11.6 Å². The van der Waals surface area contributed by atoms with Crippen LogP contribution in [-0.4, -0.2) is 35.7 Å². The van der Waals surface area contributed by atoms with E-state index in [1.54, 1.807) is 4.90 Å². The van der Waals surface area contributed by atoms with Crippen LogP contribution in [0, 0.1) is 0 Å². The van der Waals surface area contributed by atoms with Crippen molar-refractivity contribution in [3.63, 3.8) is 0 Å². The average Bonchev–Trinajstić information content (AvgIpc) is 2.60. The summed E-state index contributed by atoms with van der Waals surface area (Å²) >= 11 is 5.63. The van der Waals surface area contributed by atoms with Crippen molar-refractivity contribution in [3.05, 3.63) is 35.9 Å². The summed E-state index contributed by atoms with van der Waals surface area (Å²) < 4.78 is 0. The molecule has 1 N–H and O–H groups in total. The second-order valence-corrected chi connectivity index (χ2v) is 4.47. The van der Waals surface area contributed by atoms with E-state index in [1.807, 2.05) is 30.3 Å². The molecule has 1 aromatic rings. The lowest BCUT2D eigenvalue weighted by molar-refractivity contribution is -0.131. The number of nitrogens with zero attached hydrogens (tertiary/aromatic N) is 1. The third-order valence-corrected chi connectivity index (χ3v) is 3.28. The average molecular weight is 267 g/mol. The Kier molecular flexibility index (Phi) is 4.20. The molecule has 1 unspecified atom stereocenters. The molecule has 4 nitrogen and oxygen atoms in total. The van der Waals surface area contributed by atoms with Gasteiger partial charge in [0.05, 0.1) is 12.5 Å². The fourth-order valence-corrected chi connectivity index (χ4v) is 2.33. The Morgan fingerprint density at radius 1 is 1.39 bits per heavy atom. The van der Waals surface area contributed by atoms with E-state index in [0.717, 1.165) is 5.56 Å². The summed E-state index contributed by atoms with van der Waals surface area (Å²) in [4.78, 5) is 25.2. The van der Waals surface area contributed by atoms with Gasteiger partial charge in [0.15, 0.2) is 0 Å². The van der Waals surface area contributed by atoms with E-state index in [9.17, 15) is 9.59 Å². The number of alkyl halides is 1. The highest BCUT2D eigenvalue weighted by Gasteiger charge is 2.28. The topological polar surface area (TPSA) is 49.4 Å². The SMILES string of the molecule is O=C1CC(c2ccccc2)N(C(=O)CCl)CCN1. The summed E-state index contributed by atoms with van der Waals surface area (Å²) in [6.07, 6.45) is 0.284. The first kappa shape index (κ1) is 12.9. The number of carbonyl (C=O) groups excluding carboxylic acids is 2. The van der Waals surface area contributed by atoms with E-state index in [1.165, 1.54) is 0 Å². The third kappa shape index (κ3) is 2.82. The molecule has 1 atom stereocenters. The Morgan fingerprint density at radius 3 is 2.78 bits per heavy atom. The van der Waals surface area contributed by atoms with Crippen LogP contribution in [-0.2, 0) is 9.59 Å². The lowest BCUT2D eigenvalue weighted by Crippen LogP contribution is -2.37. The number of amides is 2. The molecule has 0 aliphatic carbocycles. The first-order valence-electron chi connectivity index (χ1n) is 5.89. The van der Waals surface area contributed by atoms with Gasteiger partial charge in [0.1, 0.15) is 5.88 Å². The largest absolute Gasteiger partial charge is 0.354 e. The van der Waals surface area contributed by atoms with Crippen molar-refractivity contribution in [1.82, 2.24) is 10.2 Å². The molecule has 18 heavy (non-hydrogen) atoms. The number of carbonyl (C=O) groups is 2. The molecule has 1 aliphatic heterocycles. The van der Waals surface area contributed by atoms with Crippen LogP contribution in [0.1, 0.15) is 18.0 Å². The fourth-order valence-electron chi connectivity index (χ4n) is 2.18. The van der Waals surface area contributed by atoms with Crippen LogP contribution < -0.4 is 5.32 Å². The van der Waals surface area contributed by atoms with Gasteiger partial charge in [0, 0.05) is 13.1 Å². The van der Waals surface area contributed by atoms with Gasteiger partial charge in [-0.25, -0.2) is 0 Å². The van der Waals surface area contributed by atoms with Crippen LogP contribution in [0.2, 0.25) is 0 Å². The van der Waals surface area contributed by atoms with Gasteiger partial charge >= 0.3 is 0 Å². The first-order chi connectivity index (χ1) is 8.72. The van der Waals surface area contributed by atoms with Crippen LogP contribution in [0.25, 0.3) is 0 Å². The summed E-state index contributed by atoms with van der Waals surface area (Å²) in [6, 6.07) is 9.35. The van der Waals surface area contributed by atoms with E-state index in [2.05, 4.69) is 5.32 Å². The molecular formula is C13H15ClN2O2. The Labute approximate surface area is 111 Å². The predicted molar refractivity (Wildman–Crippen MR) is 69.2 cm³/mol. The lowest BCUT2D eigenvalue weighted by Gasteiger charge is -2.28. The van der Waals surface area contributed by atoms with Crippen LogP contribution in [0.5, 0.6) is 0 Å². The number of hydrogen-bond donors (Lipinski definition) is 1. The minimum atomic E-state index is -0.222. The summed E-state index contributed by atoms with van der Waals surface area (Å²) in [6.45, 7) is 0.974. The first-order valence-corrected chi connectivity index (χ1v) is 6.43. The highest BCUT2D eigenvalue weighted by Crippen LogP contribution is 2.25. The summed E-state index contributed by atoms with van der Waals surface area (Å²) in [7, 11) is 0. The van der Waals surface area contributed by atoms with E-state index < -0.39 is 0 Å². The number of hydrogen-bond acceptors (Lipinski definition) is 2. The summed E-state index contributed by atoms with van der Waals surface area (Å²) in [5.74, 6) is -0.229. The lowest BCUT2D eigenvalue weighted by atomic mass is 10.0. The predicted octanol–water partition coefficient (Wildman–Crippen LogP) is 1.31. The minimum absolute atomic E-state index is 0.0336. The van der Waals surface area contributed by atoms with Crippen LogP contribution in [0.4, 0.5) is 0 Å². The molecule has 0 aromatic heterocycles. The molecule has 2 amide bonds. The highest BCUT2D eigenvalue weighted by atomic mass is 35.5. The van der Waals surface area contributed by atoms with Gasteiger partial charge in [-0.1, -0.05) is 30.3 Å².